The van der Waals surface area contributed by atoms with E-state index in [-0.39, 0.29) is 12.5 Å². The molecule has 9 heteroatoms. The zero-order chi connectivity index (χ0) is 13.7. The molecule has 7 nitrogen and oxygen atoms in total. The van der Waals surface area contributed by atoms with Crippen LogP contribution in [0.4, 0.5) is 0 Å². The number of sulfonamides is 1. The lowest BCUT2D eigenvalue weighted by Crippen LogP contribution is -2.40. The molecule has 2 aliphatic heterocycles. The summed E-state index contributed by atoms with van der Waals surface area (Å²) in [6.07, 6.45) is 2.24. The molecule has 0 amide bonds. The van der Waals surface area contributed by atoms with Gasteiger partial charge < -0.3 is 5.11 Å². The number of sulfone groups is 1. The van der Waals surface area contributed by atoms with Crippen LogP contribution in [0.2, 0.25) is 0 Å². The summed E-state index contributed by atoms with van der Waals surface area (Å²) in [5.41, 5.74) is 0. The molecule has 2 aliphatic rings. The van der Waals surface area contributed by atoms with E-state index < -0.39 is 42.9 Å². The van der Waals surface area contributed by atoms with Crippen LogP contribution < -0.4 is 0 Å². The fraction of sp³-hybridized carbons (Fsp3) is 0.889. The highest BCUT2D eigenvalue weighted by Crippen LogP contribution is 2.43. The number of aliphatic carboxylic acids is 1. The number of nitrogens with zero attached hydrogens (tertiary/aromatic N) is 1. The molecule has 0 spiro atoms. The maximum Gasteiger partial charge on any atom is 0.308 e. The fourth-order valence-corrected chi connectivity index (χ4v) is 6.93. The summed E-state index contributed by atoms with van der Waals surface area (Å²) in [7, 11) is -7.59. The zero-order valence-corrected chi connectivity index (χ0v) is 11.4. The average molecular weight is 297 g/mol. The molecule has 0 saturated carbocycles. The average Bonchev–Trinajstić information content (AvgIpc) is 2.69. The second kappa shape index (κ2) is 4.17. The number of rotatable bonds is 4. The van der Waals surface area contributed by atoms with Gasteiger partial charge in [0.15, 0.2) is 14.9 Å². The van der Waals surface area contributed by atoms with Crippen LogP contribution in [0.25, 0.3) is 0 Å². The molecule has 2 bridgehead atoms. The van der Waals surface area contributed by atoms with Gasteiger partial charge in [-0.3, -0.25) is 4.79 Å². The van der Waals surface area contributed by atoms with Gasteiger partial charge in [-0.1, -0.05) is 0 Å². The first kappa shape index (κ1) is 13.8. The summed E-state index contributed by atoms with van der Waals surface area (Å²) in [6.45, 7) is 0. The maximum absolute atomic E-state index is 12.0. The lowest BCUT2D eigenvalue weighted by atomic mass is 9.89. The van der Waals surface area contributed by atoms with Crippen LogP contribution in [0, 0.1) is 5.92 Å². The van der Waals surface area contributed by atoms with E-state index in [2.05, 4.69) is 0 Å². The number of carboxylic acids is 1. The molecule has 18 heavy (non-hydrogen) atoms. The predicted octanol–water partition coefficient (Wildman–Crippen LogP) is -0.744. The molecule has 2 heterocycles. The quantitative estimate of drug-likeness (QED) is 0.731. The van der Waals surface area contributed by atoms with Crippen molar-refractivity contribution in [1.29, 1.82) is 0 Å². The van der Waals surface area contributed by atoms with Gasteiger partial charge >= 0.3 is 5.97 Å². The maximum atomic E-state index is 12.0. The van der Waals surface area contributed by atoms with Gasteiger partial charge in [0.1, 0.15) is 0 Å². The monoisotopic (exact) mass is 297 g/mol. The minimum absolute atomic E-state index is 0.281. The highest BCUT2D eigenvalue weighted by Gasteiger charge is 2.54. The van der Waals surface area contributed by atoms with Crippen molar-refractivity contribution >= 4 is 25.8 Å². The smallest absolute Gasteiger partial charge is 0.308 e. The number of hydrogen-bond donors (Lipinski definition) is 1. The Labute approximate surface area is 106 Å². The first-order chi connectivity index (χ1) is 8.12. The molecular formula is C9H15NO6S2. The summed E-state index contributed by atoms with van der Waals surface area (Å²) in [6, 6.07) is -0.943. The summed E-state index contributed by atoms with van der Waals surface area (Å²) in [4.78, 5) is 11.0. The Hall–Kier alpha value is -0.670. The fourth-order valence-electron chi connectivity index (χ4n) is 2.97. The number of carbonyl (C=O) groups is 1. The molecule has 2 rings (SSSR count). The molecule has 3 atom stereocenters. The van der Waals surface area contributed by atoms with Crippen molar-refractivity contribution in [2.24, 2.45) is 5.92 Å². The SMILES string of the molecule is CS(=O)(=O)CS(=O)(=O)N1C2CCC1C(C(=O)O)C2. The molecule has 0 aliphatic carbocycles. The van der Waals surface area contributed by atoms with Gasteiger partial charge in [-0.25, -0.2) is 16.8 Å². The van der Waals surface area contributed by atoms with Crippen LogP contribution in [0.1, 0.15) is 19.3 Å². The van der Waals surface area contributed by atoms with E-state index in [9.17, 15) is 21.6 Å². The van der Waals surface area contributed by atoms with Gasteiger partial charge in [-0.05, 0) is 19.3 Å². The Balaban J connectivity index is 2.28. The van der Waals surface area contributed by atoms with E-state index in [1.807, 2.05) is 0 Å². The Morgan fingerprint density at radius 3 is 2.33 bits per heavy atom. The molecule has 0 aromatic rings. The largest absolute Gasteiger partial charge is 0.481 e. The van der Waals surface area contributed by atoms with Crippen LogP contribution in [0.5, 0.6) is 0 Å². The number of carboxylic acid groups (broad SMARTS) is 1. The minimum atomic E-state index is -3.94. The molecule has 3 unspecified atom stereocenters. The standard InChI is InChI=1S/C9H15NO6S2/c1-17(13,14)5-18(15,16)10-6-2-3-8(10)7(4-6)9(11)12/h6-8H,2-5H2,1H3,(H,11,12). The third-order valence-electron chi connectivity index (χ3n) is 3.47. The summed E-state index contributed by atoms with van der Waals surface area (Å²) in [5.74, 6) is -1.72. The van der Waals surface area contributed by atoms with Crippen LogP contribution in [-0.2, 0) is 24.7 Å². The molecule has 2 saturated heterocycles. The minimum Gasteiger partial charge on any atom is -0.481 e. The lowest BCUT2D eigenvalue weighted by Gasteiger charge is -2.21. The molecule has 0 radical (unpaired) electrons. The lowest BCUT2D eigenvalue weighted by molar-refractivity contribution is -0.142. The van der Waals surface area contributed by atoms with E-state index in [1.54, 1.807) is 0 Å². The second-order valence-electron chi connectivity index (χ2n) is 4.96. The van der Waals surface area contributed by atoms with Crippen molar-refractivity contribution in [3.8, 4) is 0 Å². The van der Waals surface area contributed by atoms with Crippen LogP contribution in [-0.4, -0.2) is 55.6 Å². The summed E-state index contributed by atoms with van der Waals surface area (Å²) in [5, 5.41) is 8.07. The molecule has 104 valence electrons. The topological polar surface area (TPSA) is 109 Å². The van der Waals surface area contributed by atoms with Crippen LogP contribution >= 0.6 is 0 Å². The second-order valence-corrected chi connectivity index (χ2v) is 9.34. The van der Waals surface area contributed by atoms with Crippen molar-refractivity contribution in [1.82, 2.24) is 4.31 Å². The van der Waals surface area contributed by atoms with Gasteiger partial charge in [0.2, 0.25) is 10.0 Å². The Morgan fingerprint density at radius 1 is 1.28 bits per heavy atom. The number of hydrogen-bond acceptors (Lipinski definition) is 5. The van der Waals surface area contributed by atoms with Crippen molar-refractivity contribution in [3.05, 3.63) is 0 Å². The van der Waals surface area contributed by atoms with Crippen molar-refractivity contribution in [2.45, 2.75) is 31.3 Å². The predicted molar refractivity (Wildman–Crippen MR) is 63.0 cm³/mol. The van der Waals surface area contributed by atoms with Gasteiger partial charge in [0.05, 0.1) is 5.92 Å². The zero-order valence-electron chi connectivity index (χ0n) is 9.81. The van der Waals surface area contributed by atoms with Crippen LogP contribution in [0.15, 0.2) is 0 Å². The Bertz CT molecular complexity index is 566. The van der Waals surface area contributed by atoms with E-state index in [4.69, 9.17) is 5.11 Å². The summed E-state index contributed by atoms with van der Waals surface area (Å²) < 4.78 is 47.4. The normalized spacial score (nSPS) is 32.8. The van der Waals surface area contributed by atoms with Gasteiger partial charge in [-0.2, -0.15) is 4.31 Å². The molecule has 2 fully saturated rings. The third kappa shape index (κ3) is 2.39. The highest BCUT2D eigenvalue weighted by atomic mass is 32.3. The van der Waals surface area contributed by atoms with Crippen molar-refractivity contribution in [3.63, 3.8) is 0 Å². The van der Waals surface area contributed by atoms with E-state index >= 15 is 0 Å². The molecule has 1 N–H and O–H groups in total. The Kier molecular flexibility index (Phi) is 3.19. The Morgan fingerprint density at radius 2 is 1.89 bits per heavy atom. The van der Waals surface area contributed by atoms with Gasteiger partial charge in [0, 0.05) is 18.3 Å². The molecule has 0 aromatic carbocycles. The van der Waals surface area contributed by atoms with Gasteiger partial charge in [-0.15, -0.1) is 0 Å². The first-order valence-electron chi connectivity index (χ1n) is 5.53. The highest BCUT2D eigenvalue weighted by molar-refractivity contribution is 8.06. The molecular weight excluding hydrogens is 282 g/mol. The first-order valence-corrected chi connectivity index (χ1v) is 9.20. The van der Waals surface area contributed by atoms with E-state index in [0.29, 0.717) is 12.8 Å². The van der Waals surface area contributed by atoms with E-state index in [1.165, 1.54) is 0 Å². The number of fused-ring (bicyclic) bond motifs is 2. The van der Waals surface area contributed by atoms with Crippen LogP contribution in [0.3, 0.4) is 0 Å². The molecule has 0 aromatic heterocycles. The van der Waals surface area contributed by atoms with Crippen molar-refractivity contribution in [2.75, 3.05) is 11.3 Å². The third-order valence-corrected chi connectivity index (χ3v) is 7.59. The summed E-state index contributed by atoms with van der Waals surface area (Å²) >= 11 is 0. The van der Waals surface area contributed by atoms with Gasteiger partial charge in [0.25, 0.3) is 0 Å². The van der Waals surface area contributed by atoms with Crippen molar-refractivity contribution < 1.29 is 26.7 Å². The van der Waals surface area contributed by atoms with E-state index in [0.717, 1.165) is 10.6 Å².